The van der Waals surface area contributed by atoms with E-state index in [9.17, 15) is 9.90 Å². The monoisotopic (exact) mass is 495 g/mol. The number of carboxylic acid groups (broad SMARTS) is 1. The molecule has 1 aromatic heterocycles. The Bertz CT molecular complexity index is 1380. The zero-order valence-corrected chi connectivity index (χ0v) is 20.4. The maximum absolute atomic E-state index is 11.2. The van der Waals surface area contributed by atoms with Crippen molar-refractivity contribution in [2.24, 2.45) is 5.92 Å². The van der Waals surface area contributed by atoms with Crippen molar-refractivity contribution in [2.75, 3.05) is 18.0 Å². The Kier molecular flexibility index (Phi) is 6.96. The number of para-hydroxylation sites is 1. The van der Waals surface area contributed by atoms with Crippen LogP contribution in [0.2, 0.25) is 0 Å². The van der Waals surface area contributed by atoms with Gasteiger partial charge in [-0.1, -0.05) is 48.5 Å². The number of carbonyl (C=O) groups is 1. The lowest BCUT2D eigenvalue weighted by Gasteiger charge is -2.29. The second-order valence-corrected chi connectivity index (χ2v) is 9.62. The van der Waals surface area contributed by atoms with Crippen molar-refractivity contribution in [3.05, 3.63) is 89.3 Å². The van der Waals surface area contributed by atoms with E-state index in [0.29, 0.717) is 38.1 Å². The molecule has 36 heavy (non-hydrogen) atoms. The number of piperidine rings is 1. The Hall–Kier alpha value is -4.15. The molecule has 0 aliphatic carbocycles. The molecule has 0 saturated carbocycles. The van der Waals surface area contributed by atoms with Gasteiger partial charge in [0.25, 0.3) is 0 Å². The van der Waals surface area contributed by atoms with Gasteiger partial charge in [0.15, 0.2) is 5.13 Å². The fourth-order valence-electron chi connectivity index (χ4n) is 4.35. The summed E-state index contributed by atoms with van der Waals surface area (Å²) >= 11 is 1.58. The van der Waals surface area contributed by atoms with Gasteiger partial charge in [-0.15, -0.1) is 11.3 Å². The fraction of sp³-hybridized carbons (Fsp3) is 0.207. The Labute approximate surface area is 214 Å². The highest BCUT2D eigenvalue weighted by atomic mass is 32.1. The molecule has 6 nitrogen and oxygen atoms in total. The van der Waals surface area contributed by atoms with Crippen LogP contribution in [0.5, 0.6) is 5.75 Å². The number of nitrogens with zero attached hydrogens (tertiary/aromatic N) is 3. The minimum absolute atomic E-state index is 0.256. The van der Waals surface area contributed by atoms with Crippen molar-refractivity contribution in [3.8, 4) is 34.2 Å². The van der Waals surface area contributed by atoms with Crippen LogP contribution < -0.4 is 9.64 Å². The quantitative estimate of drug-likeness (QED) is 0.327. The van der Waals surface area contributed by atoms with Crippen molar-refractivity contribution in [2.45, 2.75) is 19.4 Å². The molecule has 7 heteroatoms. The highest BCUT2D eigenvalue weighted by Gasteiger charge is 2.26. The second-order valence-electron chi connectivity index (χ2n) is 8.79. The average Bonchev–Trinajstić information content (AvgIpc) is 3.43. The number of aromatic nitrogens is 1. The first-order valence-corrected chi connectivity index (χ1v) is 12.7. The molecular weight excluding hydrogens is 470 g/mol. The minimum atomic E-state index is -0.704. The molecule has 180 valence electrons. The standard InChI is InChI=1S/C29H25N3O3S/c30-17-20-5-9-22(10-6-20)23-11-7-21(8-12-23)18-35-27-4-2-1-3-25(27)26-19-36-29(31-26)32-15-13-24(14-16-32)28(33)34/h1-12,19,24H,13-16,18H2,(H,33,34). The maximum atomic E-state index is 11.2. The molecular formula is C29H25N3O3S. The summed E-state index contributed by atoms with van der Waals surface area (Å²) in [6, 6.07) is 25.8. The molecule has 5 rings (SSSR count). The van der Waals surface area contributed by atoms with Crippen LogP contribution in [0.25, 0.3) is 22.4 Å². The van der Waals surface area contributed by atoms with E-state index in [1.54, 1.807) is 11.3 Å². The Balaban J connectivity index is 1.25. The number of rotatable bonds is 7. The molecule has 2 heterocycles. The largest absolute Gasteiger partial charge is 0.488 e. The fourth-order valence-corrected chi connectivity index (χ4v) is 5.23. The first-order valence-electron chi connectivity index (χ1n) is 11.9. The molecule has 1 aliphatic heterocycles. The molecule has 0 bridgehead atoms. The zero-order chi connectivity index (χ0) is 24.9. The van der Waals surface area contributed by atoms with Crippen LogP contribution in [0.1, 0.15) is 24.0 Å². The van der Waals surface area contributed by atoms with Gasteiger partial charge in [0, 0.05) is 24.0 Å². The molecule has 0 atom stereocenters. The van der Waals surface area contributed by atoms with Crippen LogP contribution in [0, 0.1) is 17.2 Å². The summed E-state index contributed by atoms with van der Waals surface area (Å²) in [5, 5.41) is 21.2. The Morgan fingerprint density at radius 2 is 1.69 bits per heavy atom. The molecule has 0 amide bonds. The van der Waals surface area contributed by atoms with E-state index < -0.39 is 5.97 Å². The average molecular weight is 496 g/mol. The number of nitriles is 1. The molecule has 0 radical (unpaired) electrons. The second kappa shape index (κ2) is 10.6. The van der Waals surface area contributed by atoms with E-state index >= 15 is 0 Å². The van der Waals surface area contributed by atoms with Crippen LogP contribution in [-0.2, 0) is 11.4 Å². The first kappa shape index (κ1) is 23.6. The zero-order valence-electron chi connectivity index (χ0n) is 19.6. The van der Waals surface area contributed by atoms with Gasteiger partial charge in [-0.05, 0) is 53.8 Å². The van der Waals surface area contributed by atoms with E-state index in [0.717, 1.165) is 38.8 Å². The van der Waals surface area contributed by atoms with Crippen molar-refractivity contribution >= 4 is 22.4 Å². The van der Waals surface area contributed by atoms with E-state index in [2.05, 4.69) is 35.2 Å². The number of thiazole rings is 1. The van der Waals surface area contributed by atoms with Gasteiger partial charge in [0.05, 0.1) is 23.2 Å². The lowest BCUT2D eigenvalue weighted by atomic mass is 9.97. The summed E-state index contributed by atoms with van der Waals surface area (Å²) in [6.45, 7) is 1.85. The number of benzene rings is 3. The van der Waals surface area contributed by atoms with E-state index in [1.807, 2.05) is 53.9 Å². The summed E-state index contributed by atoms with van der Waals surface area (Å²) in [5.74, 6) is -0.187. The SMILES string of the molecule is N#Cc1ccc(-c2ccc(COc3ccccc3-c3csc(N4CCC(C(=O)O)CC4)n3)cc2)cc1. The van der Waals surface area contributed by atoms with Crippen molar-refractivity contribution in [1.29, 1.82) is 5.26 Å². The van der Waals surface area contributed by atoms with Gasteiger partial charge in [-0.3, -0.25) is 4.79 Å². The minimum Gasteiger partial charge on any atom is -0.488 e. The molecule has 4 aromatic rings. The maximum Gasteiger partial charge on any atom is 0.306 e. The lowest BCUT2D eigenvalue weighted by molar-refractivity contribution is -0.142. The van der Waals surface area contributed by atoms with Gasteiger partial charge in [0.1, 0.15) is 12.4 Å². The van der Waals surface area contributed by atoms with E-state index in [4.69, 9.17) is 15.0 Å². The van der Waals surface area contributed by atoms with Gasteiger partial charge >= 0.3 is 5.97 Å². The number of hydrogen-bond donors (Lipinski definition) is 1. The predicted octanol–water partition coefficient (Wildman–Crippen LogP) is 6.23. The third-order valence-corrected chi connectivity index (χ3v) is 7.37. The van der Waals surface area contributed by atoms with Gasteiger partial charge < -0.3 is 14.7 Å². The highest BCUT2D eigenvalue weighted by molar-refractivity contribution is 7.14. The number of aliphatic carboxylic acids is 1. The normalized spacial score (nSPS) is 13.8. The highest BCUT2D eigenvalue weighted by Crippen LogP contribution is 2.35. The van der Waals surface area contributed by atoms with Crippen LogP contribution in [-0.4, -0.2) is 29.1 Å². The summed E-state index contributed by atoms with van der Waals surface area (Å²) < 4.78 is 6.20. The topological polar surface area (TPSA) is 86.5 Å². The summed E-state index contributed by atoms with van der Waals surface area (Å²) in [7, 11) is 0. The summed E-state index contributed by atoms with van der Waals surface area (Å²) in [5.41, 5.74) is 5.67. The number of carboxylic acids is 1. The lowest BCUT2D eigenvalue weighted by Crippen LogP contribution is -2.36. The van der Waals surface area contributed by atoms with Crippen LogP contribution >= 0.6 is 11.3 Å². The van der Waals surface area contributed by atoms with Crippen LogP contribution in [0.15, 0.2) is 78.2 Å². The van der Waals surface area contributed by atoms with E-state index in [-0.39, 0.29) is 5.92 Å². The van der Waals surface area contributed by atoms with Crippen LogP contribution in [0.3, 0.4) is 0 Å². The van der Waals surface area contributed by atoms with Crippen molar-refractivity contribution < 1.29 is 14.6 Å². The smallest absolute Gasteiger partial charge is 0.306 e. The van der Waals surface area contributed by atoms with Crippen molar-refractivity contribution in [1.82, 2.24) is 4.98 Å². The number of anilines is 1. The van der Waals surface area contributed by atoms with E-state index in [1.165, 1.54) is 0 Å². The first-order chi connectivity index (χ1) is 17.6. The summed E-state index contributed by atoms with van der Waals surface area (Å²) in [4.78, 5) is 18.3. The molecule has 0 unspecified atom stereocenters. The molecule has 3 aromatic carbocycles. The van der Waals surface area contributed by atoms with Gasteiger partial charge in [0.2, 0.25) is 0 Å². The third-order valence-electron chi connectivity index (χ3n) is 6.47. The van der Waals surface area contributed by atoms with Gasteiger partial charge in [-0.2, -0.15) is 5.26 Å². The molecule has 0 spiro atoms. The molecule has 1 fully saturated rings. The van der Waals surface area contributed by atoms with Crippen molar-refractivity contribution in [3.63, 3.8) is 0 Å². The predicted molar refractivity (Wildman–Crippen MR) is 141 cm³/mol. The van der Waals surface area contributed by atoms with Gasteiger partial charge in [-0.25, -0.2) is 4.98 Å². The number of hydrogen-bond acceptors (Lipinski definition) is 6. The Morgan fingerprint density at radius 1 is 1.03 bits per heavy atom. The molecule has 1 N–H and O–H groups in total. The Morgan fingerprint density at radius 3 is 2.36 bits per heavy atom. The third kappa shape index (κ3) is 5.24. The molecule has 1 aliphatic rings. The molecule has 1 saturated heterocycles. The van der Waals surface area contributed by atoms with Crippen LogP contribution in [0.4, 0.5) is 5.13 Å². The number of ether oxygens (including phenoxy) is 1. The summed E-state index contributed by atoms with van der Waals surface area (Å²) in [6.07, 6.45) is 1.29.